The zero-order valence-corrected chi connectivity index (χ0v) is 15.9. The van der Waals surface area contributed by atoms with E-state index in [0.717, 1.165) is 5.56 Å². The van der Waals surface area contributed by atoms with E-state index in [9.17, 15) is 19.5 Å². The van der Waals surface area contributed by atoms with Gasteiger partial charge < -0.3 is 20.1 Å². The number of benzene rings is 1. The van der Waals surface area contributed by atoms with Crippen molar-refractivity contribution in [1.29, 1.82) is 0 Å². The van der Waals surface area contributed by atoms with Crippen LogP contribution in [-0.2, 0) is 20.8 Å². The number of methoxy groups -OCH3 is 1. The predicted molar refractivity (Wildman–Crippen MR) is 97.0 cm³/mol. The first-order chi connectivity index (χ1) is 12.1. The maximum atomic E-state index is 12.7. The summed E-state index contributed by atoms with van der Waals surface area (Å²) in [6.45, 7) is 5.27. The molecule has 1 aromatic rings. The minimum absolute atomic E-state index is 0.114. The van der Waals surface area contributed by atoms with Gasteiger partial charge in [-0.05, 0) is 38.5 Å². The molecule has 8 heteroatoms. The standard InChI is InChI=1S/C18H22N2O5S/c1-17(2)13(14(22)23)20-15(24)18(3,16(20)26-17)19-12(21)9-10-6-5-7-11(8-10)25-4/h5-8,13,16H,9H2,1-4H3,(H,19,21)(H,22,23)/t13-,16+,18-/m0/s1. The third-order valence-corrected chi connectivity index (χ3v) is 6.66. The first-order valence-corrected chi connectivity index (χ1v) is 9.15. The molecule has 26 heavy (non-hydrogen) atoms. The molecule has 140 valence electrons. The zero-order valence-electron chi connectivity index (χ0n) is 15.1. The number of fused-ring (bicyclic) bond motifs is 1. The van der Waals surface area contributed by atoms with Gasteiger partial charge in [0.15, 0.2) is 0 Å². The van der Waals surface area contributed by atoms with Gasteiger partial charge in [-0.3, -0.25) is 9.59 Å². The number of rotatable bonds is 5. The van der Waals surface area contributed by atoms with Crippen LogP contribution in [0.25, 0.3) is 0 Å². The van der Waals surface area contributed by atoms with Crippen LogP contribution in [0.5, 0.6) is 5.75 Å². The number of amides is 2. The Labute approximate surface area is 156 Å². The van der Waals surface area contributed by atoms with Gasteiger partial charge in [-0.1, -0.05) is 12.1 Å². The molecular formula is C18H22N2O5S. The van der Waals surface area contributed by atoms with Crippen LogP contribution in [0.4, 0.5) is 0 Å². The fraction of sp³-hybridized carbons (Fsp3) is 0.500. The van der Waals surface area contributed by atoms with Crippen molar-refractivity contribution in [2.24, 2.45) is 0 Å². The average molecular weight is 378 g/mol. The van der Waals surface area contributed by atoms with Crippen molar-refractivity contribution in [1.82, 2.24) is 10.2 Å². The molecule has 2 aliphatic heterocycles. The molecule has 0 radical (unpaired) electrons. The van der Waals surface area contributed by atoms with Crippen LogP contribution in [0.15, 0.2) is 24.3 Å². The highest BCUT2D eigenvalue weighted by atomic mass is 32.2. The Bertz CT molecular complexity index is 781. The molecule has 7 nitrogen and oxygen atoms in total. The molecule has 3 atom stereocenters. The summed E-state index contributed by atoms with van der Waals surface area (Å²) in [5.74, 6) is -1.01. The van der Waals surface area contributed by atoms with E-state index in [1.165, 1.54) is 16.7 Å². The predicted octanol–water partition coefficient (Wildman–Crippen LogP) is 1.26. The number of hydrogen-bond donors (Lipinski definition) is 2. The zero-order chi connectivity index (χ0) is 19.3. The molecule has 0 bridgehead atoms. The fourth-order valence-corrected chi connectivity index (χ4v) is 5.29. The summed E-state index contributed by atoms with van der Waals surface area (Å²) in [6.07, 6.45) is 0.114. The van der Waals surface area contributed by atoms with Crippen molar-refractivity contribution in [2.75, 3.05) is 7.11 Å². The Hall–Kier alpha value is -2.22. The second kappa shape index (κ2) is 6.19. The summed E-state index contributed by atoms with van der Waals surface area (Å²) in [4.78, 5) is 38.1. The van der Waals surface area contributed by atoms with E-state index in [4.69, 9.17) is 4.74 Å². The normalized spacial score (nSPS) is 28.9. The number of thioether (sulfide) groups is 1. The molecule has 2 N–H and O–H groups in total. The van der Waals surface area contributed by atoms with Gasteiger partial charge in [0.05, 0.1) is 13.5 Å². The Morgan fingerprint density at radius 2 is 2.04 bits per heavy atom. The highest BCUT2D eigenvalue weighted by molar-refractivity contribution is 8.01. The lowest BCUT2D eigenvalue weighted by molar-refractivity contribution is -0.167. The molecule has 0 spiro atoms. The summed E-state index contributed by atoms with van der Waals surface area (Å²) < 4.78 is 4.53. The van der Waals surface area contributed by atoms with Gasteiger partial charge in [-0.15, -0.1) is 11.8 Å². The van der Waals surface area contributed by atoms with E-state index >= 15 is 0 Å². The van der Waals surface area contributed by atoms with Crippen LogP contribution in [0.1, 0.15) is 26.3 Å². The number of carbonyl (C=O) groups is 3. The molecule has 1 aromatic carbocycles. The molecule has 0 saturated carbocycles. The van der Waals surface area contributed by atoms with Gasteiger partial charge in [0.2, 0.25) is 5.91 Å². The molecule has 0 unspecified atom stereocenters. The Kier molecular flexibility index (Phi) is 4.42. The summed E-state index contributed by atoms with van der Waals surface area (Å²) in [6, 6.07) is 6.28. The topological polar surface area (TPSA) is 95.9 Å². The summed E-state index contributed by atoms with van der Waals surface area (Å²) >= 11 is 1.41. The minimum Gasteiger partial charge on any atom is -0.497 e. The average Bonchev–Trinajstić information content (AvgIpc) is 2.84. The number of hydrogen-bond acceptors (Lipinski definition) is 5. The smallest absolute Gasteiger partial charge is 0.327 e. The number of aliphatic carboxylic acids is 1. The molecule has 2 saturated heterocycles. The molecule has 2 heterocycles. The van der Waals surface area contributed by atoms with E-state index < -0.39 is 22.3 Å². The number of nitrogens with zero attached hydrogens (tertiary/aromatic N) is 1. The van der Waals surface area contributed by atoms with E-state index in [-0.39, 0.29) is 23.6 Å². The summed E-state index contributed by atoms with van der Waals surface area (Å²) in [5, 5.41) is 11.9. The monoisotopic (exact) mass is 378 g/mol. The summed E-state index contributed by atoms with van der Waals surface area (Å²) in [5.41, 5.74) is -0.320. The van der Waals surface area contributed by atoms with Crippen molar-refractivity contribution in [3.05, 3.63) is 29.8 Å². The number of carboxylic acids is 1. The largest absolute Gasteiger partial charge is 0.497 e. The second-order valence-electron chi connectivity index (χ2n) is 7.31. The SMILES string of the molecule is COc1cccc(CC(=O)N[C@@]2(C)C(=O)N3[C@@H](C(=O)O)C(C)(C)S[C@@H]32)c1. The van der Waals surface area contributed by atoms with E-state index in [0.29, 0.717) is 5.75 Å². The van der Waals surface area contributed by atoms with Crippen LogP contribution >= 0.6 is 11.8 Å². The Balaban J connectivity index is 1.73. The first kappa shape index (κ1) is 18.6. The summed E-state index contributed by atoms with van der Waals surface area (Å²) in [7, 11) is 1.56. The van der Waals surface area contributed by atoms with Gasteiger partial charge in [-0.25, -0.2) is 4.79 Å². The van der Waals surface area contributed by atoms with Crippen molar-refractivity contribution in [3.8, 4) is 5.75 Å². The third-order valence-electron chi connectivity index (χ3n) is 4.91. The quantitative estimate of drug-likeness (QED) is 0.749. The van der Waals surface area contributed by atoms with E-state index in [1.54, 1.807) is 46.1 Å². The van der Waals surface area contributed by atoms with Gasteiger partial charge >= 0.3 is 5.97 Å². The van der Waals surface area contributed by atoms with Crippen LogP contribution in [0.2, 0.25) is 0 Å². The fourth-order valence-electron chi connectivity index (χ4n) is 3.64. The highest BCUT2D eigenvalue weighted by Gasteiger charge is 2.69. The number of carboxylic acid groups (broad SMARTS) is 1. The van der Waals surface area contributed by atoms with Crippen molar-refractivity contribution in [2.45, 2.75) is 48.9 Å². The van der Waals surface area contributed by atoms with Gasteiger partial charge in [0.25, 0.3) is 5.91 Å². The van der Waals surface area contributed by atoms with Gasteiger partial charge in [-0.2, -0.15) is 0 Å². The minimum atomic E-state index is -1.10. The number of ether oxygens (including phenoxy) is 1. The number of carbonyl (C=O) groups excluding carboxylic acids is 2. The lowest BCUT2D eigenvalue weighted by atomic mass is 9.86. The lowest BCUT2D eigenvalue weighted by Gasteiger charge is -2.51. The highest BCUT2D eigenvalue weighted by Crippen LogP contribution is 2.54. The molecule has 2 aliphatic rings. The maximum Gasteiger partial charge on any atom is 0.327 e. The maximum absolute atomic E-state index is 12.7. The van der Waals surface area contributed by atoms with E-state index in [2.05, 4.69) is 5.32 Å². The van der Waals surface area contributed by atoms with E-state index in [1.807, 2.05) is 6.07 Å². The lowest BCUT2D eigenvalue weighted by Crippen LogP contribution is -2.78. The molecule has 2 amide bonds. The molecule has 3 rings (SSSR count). The van der Waals surface area contributed by atoms with Crippen molar-refractivity contribution >= 4 is 29.5 Å². The second-order valence-corrected chi connectivity index (χ2v) is 9.04. The molecule has 0 aliphatic carbocycles. The van der Waals surface area contributed by atoms with Crippen LogP contribution < -0.4 is 10.1 Å². The molecular weight excluding hydrogens is 356 g/mol. The van der Waals surface area contributed by atoms with Gasteiger partial charge in [0, 0.05) is 4.75 Å². The van der Waals surface area contributed by atoms with Crippen molar-refractivity contribution in [3.63, 3.8) is 0 Å². The Morgan fingerprint density at radius 1 is 1.35 bits per heavy atom. The molecule has 2 fully saturated rings. The van der Waals surface area contributed by atoms with Crippen LogP contribution in [0.3, 0.4) is 0 Å². The van der Waals surface area contributed by atoms with Crippen LogP contribution in [-0.4, -0.2) is 56.6 Å². The van der Waals surface area contributed by atoms with Gasteiger partial charge in [0.1, 0.15) is 22.7 Å². The third kappa shape index (κ3) is 2.82. The number of β-lactam (4-membered cyclic amide) rings is 1. The molecule has 0 aromatic heterocycles. The van der Waals surface area contributed by atoms with Crippen LogP contribution in [0, 0.1) is 0 Å². The van der Waals surface area contributed by atoms with Crippen molar-refractivity contribution < 1.29 is 24.2 Å². The number of nitrogens with one attached hydrogen (secondary N) is 1. The first-order valence-electron chi connectivity index (χ1n) is 8.27. The Morgan fingerprint density at radius 3 is 2.65 bits per heavy atom.